The van der Waals surface area contributed by atoms with E-state index in [9.17, 15) is 13.2 Å². The van der Waals surface area contributed by atoms with Gasteiger partial charge in [0.15, 0.2) is 5.96 Å². The molecule has 32 heavy (non-hydrogen) atoms. The van der Waals surface area contributed by atoms with Crippen molar-refractivity contribution in [3.8, 4) is 0 Å². The maximum Gasteiger partial charge on any atom is 0.416 e. The third-order valence-corrected chi connectivity index (χ3v) is 5.17. The molecule has 0 amide bonds. The summed E-state index contributed by atoms with van der Waals surface area (Å²) in [7, 11) is 0. The van der Waals surface area contributed by atoms with Gasteiger partial charge >= 0.3 is 6.18 Å². The number of aliphatic imine (C=N–C) groups is 1. The van der Waals surface area contributed by atoms with Crippen LogP contribution in [-0.4, -0.2) is 66.6 Å². The highest BCUT2D eigenvalue weighted by molar-refractivity contribution is 5.79. The van der Waals surface area contributed by atoms with Gasteiger partial charge in [-0.15, -0.1) is 0 Å². The number of nitrogens with one attached hydrogen (secondary N) is 2. The summed E-state index contributed by atoms with van der Waals surface area (Å²) in [5, 5.41) is 6.41. The standard InChI is InChI=1S/C22H30F3N7/c1-2-26-20(30-17-18-6-3-7-19(16-18)22(23,24)25)27-10-5-11-31-12-14-32(15-13-31)21-28-8-4-9-29-21/h3-4,6-9,16H,2,5,10-15,17H2,1H3,(H2,26,27,30). The number of benzene rings is 1. The summed E-state index contributed by atoms with van der Waals surface area (Å²) in [5.74, 6) is 1.39. The molecule has 1 fully saturated rings. The Labute approximate surface area is 186 Å². The number of nitrogens with zero attached hydrogens (tertiary/aromatic N) is 5. The molecule has 7 nitrogen and oxygen atoms in total. The average Bonchev–Trinajstić information content (AvgIpc) is 2.81. The second kappa shape index (κ2) is 11.7. The summed E-state index contributed by atoms with van der Waals surface area (Å²) in [6, 6.07) is 7.11. The van der Waals surface area contributed by atoms with Crippen molar-refractivity contribution >= 4 is 11.9 Å². The maximum absolute atomic E-state index is 12.9. The number of anilines is 1. The van der Waals surface area contributed by atoms with E-state index < -0.39 is 11.7 Å². The lowest BCUT2D eigenvalue weighted by molar-refractivity contribution is -0.137. The van der Waals surface area contributed by atoms with Crippen LogP contribution < -0.4 is 15.5 Å². The number of hydrogen-bond acceptors (Lipinski definition) is 5. The molecule has 2 N–H and O–H groups in total. The smallest absolute Gasteiger partial charge is 0.357 e. The van der Waals surface area contributed by atoms with Crippen molar-refractivity contribution in [3.63, 3.8) is 0 Å². The Kier molecular flexibility index (Phi) is 8.66. The fraction of sp³-hybridized carbons (Fsp3) is 0.500. The molecule has 1 aliphatic rings. The molecule has 0 saturated carbocycles. The molecule has 0 spiro atoms. The van der Waals surface area contributed by atoms with Gasteiger partial charge < -0.3 is 15.5 Å². The molecule has 0 aliphatic carbocycles. The Balaban J connectivity index is 1.40. The predicted molar refractivity (Wildman–Crippen MR) is 120 cm³/mol. The van der Waals surface area contributed by atoms with Gasteiger partial charge in [0.1, 0.15) is 0 Å². The molecule has 0 atom stereocenters. The van der Waals surface area contributed by atoms with Crippen LogP contribution in [-0.2, 0) is 12.7 Å². The quantitative estimate of drug-likeness (QED) is 0.367. The predicted octanol–water partition coefficient (Wildman–Crippen LogP) is 2.76. The summed E-state index contributed by atoms with van der Waals surface area (Å²) >= 11 is 0. The lowest BCUT2D eigenvalue weighted by atomic mass is 10.1. The normalized spacial score (nSPS) is 15.6. The van der Waals surface area contributed by atoms with Crippen LogP contribution in [0.5, 0.6) is 0 Å². The van der Waals surface area contributed by atoms with Gasteiger partial charge in [-0.1, -0.05) is 12.1 Å². The number of guanidine groups is 1. The van der Waals surface area contributed by atoms with Gasteiger partial charge in [0.2, 0.25) is 5.95 Å². The number of halogens is 3. The third kappa shape index (κ3) is 7.37. The first-order chi connectivity index (χ1) is 15.5. The number of aromatic nitrogens is 2. The zero-order chi connectivity index (χ0) is 22.8. The summed E-state index contributed by atoms with van der Waals surface area (Å²) in [4.78, 5) is 17.6. The second-order valence-electron chi connectivity index (χ2n) is 7.55. The summed E-state index contributed by atoms with van der Waals surface area (Å²) in [5.41, 5.74) is -0.126. The van der Waals surface area contributed by atoms with Crippen LogP contribution in [0.25, 0.3) is 0 Å². The topological polar surface area (TPSA) is 68.7 Å². The summed E-state index contributed by atoms with van der Waals surface area (Å²) in [6.07, 6.45) is 0.117. The van der Waals surface area contributed by atoms with E-state index in [1.165, 1.54) is 6.07 Å². The molecule has 0 unspecified atom stereocenters. The van der Waals surface area contributed by atoms with Crippen LogP contribution in [0.1, 0.15) is 24.5 Å². The lowest BCUT2D eigenvalue weighted by Crippen LogP contribution is -2.47. The molecule has 0 radical (unpaired) electrons. The van der Waals surface area contributed by atoms with E-state index >= 15 is 0 Å². The Morgan fingerprint density at radius 2 is 1.81 bits per heavy atom. The van der Waals surface area contributed by atoms with Crippen LogP contribution in [0.15, 0.2) is 47.7 Å². The van der Waals surface area contributed by atoms with Gasteiger partial charge in [-0.3, -0.25) is 4.90 Å². The van der Waals surface area contributed by atoms with Gasteiger partial charge in [-0.05, 0) is 43.7 Å². The monoisotopic (exact) mass is 449 g/mol. The highest BCUT2D eigenvalue weighted by Crippen LogP contribution is 2.29. The fourth-order valence-corrected chi connectivity index (χ4v) is 3.49. The molecule has 2 aromatic rings. The molecule has 10 heteroatoms. The zero-order valence-electron chi connectivity index (χ0n) is 18.3. The van der Waals surface area contributed by atoms with E-state index in [4.69, 9.17) is 0 Å². The van der Waals surface area contributed by atoms with E-state index in [1.54, 1.807) is 18.5 Å². The Bertz CT molecular complexity index is 850. The van der Waals surface area contributed by atoms with Crippen LogP contribution >= 0.6 is 0 Å². The zero-order valence-corrected chi connectivity index (χ0v) is 18.3. The van der Waals surface area contributed by atoms with Crippen molar-refractivity contribution in [2.24, 2.45) is 4.99 Å². The van der Waals surface area contributed by atoms with Crippen LogP contribution in [0.4, 0.5) is 19.1 Å². The molecule has 2 heterocycles. The molecule has 174 valence electrons. The average molecular weight is 450 g/mol. The van der Waals surface area contributed by atoms with Crippen molar-refractivity contribution in [1.82, 2.24) is 25.5 Å². The minimum Gasteiger partial charge on any atom is -0.357 e. The number of rotatable bonds is 8. The molecule has 1 aromatic heterocycles. The van der Waals surface area contributed by atoms with Gasteiger partial charge in [0.05, 0.1) is 12.1 Å². The summed E-state index contributed by atoms with van der Waals surface area (Å²) < 4.78 is 38.6. The highest BCUT2D eigenvalue weighted by atomic mass is 19.4. The lowest BCUT2D eigenvalue weighted by Gasteiger charge is -2.34. The Morgan fingerprint density at radius 3 is 2.50 bits per heavy atom. The molecular weight excluding hydrogens is 419 g/mol. The van der Waals surface area contributed by atoms with Gasteiger partial charge in [-0.2, -0.15) is 13.2 Å². The van der Waals surface area contributed by atoms with E-state index in [0.29, 0.717) is 18.1 Å². The van der Waals surface area contributed by atoms with Gasteiger partial charge in [0.25, 0.3) is 0 Å². The fourth-order valence-electron chi connectivity index (χ4n) is 3.49. The largest absolute Gasteiger partial charge is 0.416 e. The van der Waals surface area contributed by atoms with E-state index in [1.807, 2.05) is 13.0 Å². The first-order valence-electron chi connectivity index (χ1n) is 10.9. The Hall–Kier alpha value is -2.88. The van der Waals surface area contributed by atoms with E-state index in [2.05, 4.69) is 35.4 Å². The molecule has 1 saturated heterocycles. The first kappa shape index (κ1) is 23.8. The Morgan fingerprint density at radius 1 is 1.06 bits per heavy atom. The van der Waals surface area contributed by atoms with Crippen LogP contribution in [0.3, 0.4) is 0 Å². The van der Waals surface area contributed by atoms with Crippen LogP contribution in [0, 0.1) is 0 Å². The van der Waals surface area contributed by atoms with E-state index in [-0.39, 0.29) is 6.54 Å². The van der Waals surface area contributed by atoms with Gasteiger partial charge in [0, 0.05) is 51.7 Å². The highest BCUT2D eigenvalue weighted by Gasteiger charge is 2.30. The number of hydrogen-bond donors (Lipinski definition) is 2. The molecule has 1 aromatic carbocycles. The number of alkyl halides is 3. The van der Waals surface area contributed by atoms with Crippen molar-refractivity contribution < 1.29 is 13.2 Å². The SMILES string of the molecule is CCNC(=NCc1cccc(C(F)(F)F)c1)NCCCN1CCN(c2ncccn2)CC1. The summed E-state index contributed by atoms with van der Waals surface area (Å²) in [6.45, 7) is 8.24. The van der Waals surface area contributed by atoms with Crippen molar-refractivity contribution in [1.29, 1.82) is 0 Å². The minimum atomic E-state index is -4.35. The van der Waals surface area contributed by atoms with Crippen molar-refractivity contribution in [3.05, 3.63) is 53.9 Å². The maximum atomic E-state index is 12.9. The molecule has 3 rings (SSSR count). The van der Waals surface area contributed by atoms with E-state index in [0.717, 1.165) is 63.8 Å². The first-order valence-corrected chi connectivity index (χ1v) is 10.9. The van der Waals surface area contributed by atoms with Crippen molar-refractivity contribution in [2.75, 3.05) is 50.7 Å². The second-order valence-corrected chi connectivity index (χ2v) is 7.55. The van der Waals surface area contributed by atoms with Crippen molar-refractivity contribution in [2.45, 2.75) is 26.1 Å². The minimum absolute atomic E-state index is 0.183. The number of piperazine rings is 1. The third-order valence-electron chi connectivity index (χ3n) is 5.17. The molecule has 1 aliphatic heterocycles. The molecular formula is C22H30F3N7. The van der Waals surface area contributed by atoms with Crippen LogP contribution in [0.2, 0.25) is 0 Å². The molecule has 0 bridgehead atoms. The van der Waals surface area contributed by atoms with Gasteiger partial charge in [-0.25, -0.2) is 15.0 Å².